The summed E-state index contributed by atoms with van der Waals surface area (Å²) in [5, 5.41) is 4.60. The Morgan fingerprint density at radius 2 is 2.20 bits per heavy atom. The first-order chi connectivity index (χ1) is 9.78. The van der Waals surface area contributed by atoms with E-state index in [4.69, 9.17) is 5.53 Å². The van der Waals surface area contributed by atoms with E-state index in [9.17, 15) is 4.79 Å². The SMILES string of the molecule is [N-]=[N+]=NCC1CC(=O)N(c2ccc3ccccc3n2)C1. The largest absolute Gasteiger partial charge is 0.297 e. The van der Waals surface area contributed by atoms with Gasteiger partial charge in [-0.05, 0) is 29.6 Å². The molecule has 0 bridgehead atoms. The maximum absolute atomic E-state index is 12.0. The van der Waals surface area contributed by atoms with Crippen molar-refractivity contribution in [1.29, 1.82) is 0 Å². The van der Waals surface area contributed by atoms with Gasteiger partial charge in [-0.25, -0.2) is 4.98 Å². The number of pyridine rings is 1. The molecule has 1 amide bonds. The molecule has 0 radical (unpaired) electrons. The number of nitrogens with zero attached hydrogens (tertiary/aromatic N) is 5. The van der Waals surface area contributed by atoms with Gasteiger partial charge in [0.05, 0.1) is 5.52 Å². The number of carbonyl (C=O) groups is 1. The van der Waals surface area contributed by atoms with Crippen LogP contribution in [0.3, 0.4) is 0 Å². The summed E-state index contributed by atoms with van der Waals surface area (Å²) in [6.07, 6.45) is 0.410. The van der Waals surface area contributed by atoms with E-state index >= 15 is 0 Å². The van der Waals surface area contributed by atoms with E-state index in [1.165, 1.54) is 0 Å². The van der Waals surface area contributed by atoms with Gasteiger partial charge in [0.2, 0.25) is 5.91 Å². The van der Waals surface area contributed by atoms with E-state index in [-0.39, 0.29) is 11.8 Å². The van der Waals surface area contributed by atoms with E-state index < -0.39 is 0 Å². The van der Waals surface area contributed by atoms with Gasteiger partial charge in [0, 0.05) is 29.8 Å². The number of hydrogen-bond donors (Lipinski definition) is 0. The molecule has 1 saturated heterocycles. The minimum absolute atomic E-state index is 0.0333. The lowest BCUT2D eigenvalue weighted by molar-refractivity contribution is -0.117. The Morgan fingerprint density at radius 3 is 3.05 bits per heavy atom. The van der Waals surface area contributed by atoms with Crippen LogP contribution in [0.5, 0.6) is 0 Å². The lowest BCUT2D eigenvalue weighted by atomic mass is 10.1. The molecule has 0 saturated carbocycles. The third kappa shape index (κ3) is 2.29. The van der Waals surface area contributed by atoms with E-state index in [0.29, 0.717) is 25.3 Å². The molecule has 6 heteroatoms. The van der Waals surface area contributed by atoms with Crippen LogP contribution in [-0.2, 0) is 4.79 Å². The normalized spacial score (nSPS) is 18.3. The van der Waals surface area contributed by atoms with Crippen molar-refractivity contribution in [2.24, 2.45) is 11.0 Å². The zero-order chi connectivity index (χ0) is 13.9. The van der Waals surface area contributed by atoms with Gasteiger partial charge >= 0.3 is 0 Å². The van der Waals surface area contributed by atoms with Crippen LogP contribution in [0.2, 0.25) is 0 Å². The Kier molecular flexibility index (Phi) is 3.23. The molecule has 100 valence electrons. The molecule has 1 unspecified atom stereocenters. The third-order valence-electron chi connectivity index (χ3n) is 3.47. The highest BCUT2D eigenvalue weighted by atomic mass is 16.2. The van der Waals surface area contributed by atoms with Gasteiger partial charge in [-0.15, -0.1) is 0 Å². The molecule has 2 heterocycles. The Balaban J connectivity index is 1.87. The second-order valence-corrected chi connectivity index (χ2v) is 4.85. The van der Waals surface area contributed by atoms with Crippen molar-refractivity contribution in [3.05, 3.63) is 46.8 Å². The lowest BCUT2D eigenvalue weighted by Crippen LogP contribution is -2.25. The van der Waals surface area contributed by atoms with Crippen molar-refractivity contribution in [2.75, 3.05) is 18.0 Å². The highest BCUT2D eigenvalue weighted by Gasteiger charge is 2.30. The maximum Gasteiger partial charge on any atom is 0.228 e. The summed E-state index contributed by atoms with van der Waals surface area (Å²) in [5.74, 6) is 0.773. The van der Waals surface area contributed by atoms with Crippen LogP contribution in [-0.4, -0.2) is 24.0 Å². The predicted octanol–water partition coefficient (Wildman–Crippen LogP) is 2.90. The zero-order valence-corrected chi connectivity index (χ0v) is 10.8. The van der Waals surface area contributed by atoms with Crippen molar-refractivity contribution in [2.45, 2.75) is 6.42 Å². The van der Waals surface area contributed by atoms with Crippen LogP contribution in [0.4, 0.5) is 5.82 Å². The molecule has 3 rings (SSSR count). The molecule has 6 nitrogen and oxygen atoms in total. The van der Waals surface area contributed by atoms with E-state index in [1.54, 1.807) is 4.90 Å². The third-order valence-corrected chi connectivity index (χ3v) is 3.47. The topological polar surface area (TPSA) is 82.0 Å². The van der Waals surface area contributed by atoms with Gasteiger partial charge in [0.15, 0.2) is 0 Å². The summed E-state index contributed by atoms with van der Waals surface area (Å²) in [5.41, 5.74) is 9.21. The Labute approximate surface area is 115 Å². The van der Waals surface area contributed by atoms with Crippen LogP contribution in [0.25, 0.3) is 21.3 Å². The summed E-state index contributed by atoms with van der Waals surface area (Å²) in [6, 6.07) is 11.6. The number of aromatic nitrogens is 1. The van der Waals surface area contributed by atoms with E-state index in [2.05, 4.69) is 15.0 Å². The Bertz CT molecular complexity index is 708. The van der Waals surface area contributed by atoms with Gasteiger partial charge in [0.25, 0.3) is 0 Å². The standard InChI is InChI=1S/C14H13N5O/c15-18-16-8-10-7-14(20)19(9-10)13-6-5-11-3-1-2-4-12(11)17-13/h1-6,10H,7-9H2. The van der Waals surface area contributed by atoms with E-state index in [1.807, 2.05) is 36.4 Å². The van der Waals surface area contributed by atoms with Crippen molar-refractivity contribution in [3.63, 3.8) is 0 Å². The molecular formula is C14H13N5O. The van der Waals surface area contributed by atoms with Crippen molar-refractivity contribution in [3.8, 4) is 0 Å². The number of rotatable bonds is 3. The van der Waals surface area contributed by atoms with Crippen LogP contribution in [0, 0.1) is 5.92 Å². The van der Waals surface area contributed by atoms with E-state index in [0.717, 1.165) is 10.9 Å². The molecule has 1 aliphatic rings. The van der Waals surface area contributed by atoms with Gasteiger partial charge in [-0.3, -0.25) is 9.69 Å². The van der Waals surface area contributed by atoms with Gasteiger partial charge in [0.1, 0.15) is 5.82 Å². The summed E-state index contributed by atoms with van der Waals surface area (Å²) in [7, 11) is 0. The average molecular weight is 267 g/mol. The summed E-state index contributed by atoms with van der Waals surface area (Å²) in [6.45, 7) is 0.912. The highest BCUT2D eigenvalue weighted by Crippen LogP contribution is 2.25. The molecule has 0 N–H and O–H groups in total. The number of azide groups is 1. The van der Waals surface area contributed by atoms with Crippen LogP contribution >= 0.6 is 0 Å². The quantitative estimate of drug-likeness (QED) is 0.486. The molecule has 1 aromatic carbocycles. The van der Waals surface area contributed by atoms with Crippen LogP contribution in [0.1, 0.15) is 6.42 Å². The zero-order valence-electron chi connectivity index (χ0n) is 10.8. The Hall–Kier alpha value is -2.59. The first-order valence-electron chi connectivity index (χ1n) is 6.45. The number of hydrogen-bond acceptors (Lipinski definition) is 3. The fourth-order valence-corrected chi connectivity index (χ4v) is 2.48. The predicted molar refractivity (Wildman–Crippen MR) is 76.2 cm³/mol. The van der Waals surface area contributed by atoms with Crippen molar-refractivity contribution in [1.82, 2.24) is 4.98 Å². The lowest BCUT2D eigenvalue weighted by Gasteiger charge is -2.15. The summed E-state index contributed by atoms with van der Waals surface area (Å²) in [4.78, 5) is 21.0. The molecule has 20 heavy (non-hydrogen) atoms. The van der Waals surface area contributed by atoms with Crippen molar-refractivity contribution >= 4 is 22.6 Å². The van der Waals surface area contributed by atoms with Crippen LogP contribution < -0.4 is 4.90 Å². The van der Waals surface area contributed by atoms with Gasteiger partial charge < -0.3 is 0 Å². The first-order valence-corrected chi connectivity index (χ1v) is 6.45. The van der Waals surface area contributed by atoms with Gasteiger partial charge in [-0.1, -0.05) is 23.3 Å². The second-order valence-electron chi connectivity index (χ2n) is 4.85. The fraction of sp³-hybridized carbons (Fsp3) is 0.286. The van der Waals surface area contributed by atoms with Crippen LogP contribution in [0.15, 0.2) is 41.5 Å². The molecule has 1 atom stereocenters. The average Bonchev–Trinajstić information content (AvgIpc) is 2.85. The smallest absolute Gasteiger partial charge is 0.228 e. The summed E-state index contributed by atoms with van der Waals surface area (Å²) >= 11 is 0. The molecule has 1 aromatic heterocycles. The molecule has 0 spiro atoms. The first kappa shape index (κ1) is 12.4. The maximum atomic E-state index is 12.0. The van der Waals surface area contributed by atoms with Gasteiger partial charge in [-0.2, -0.15) is 0 Å². The fourth-order valence-electron chi connectivity index (χ4n) is 2.48. The van der Waals surface area contributed by atoms with Crippen molar-refractivity contribution < 1.29 is 4.79 Å². The number of carbonyl (C=O) groups excluding carboxylic acids is 1. The molecule has 1 aliphatic heterocycles. The highest BCUT2D eigenvalue weighted by molar-refractivity contribution is 5.96. The second kappa shape index (κ2) is 5.19. The molecule has 2 aromatic rings. The minimum atomic E-state index is 0.0333. The monoisotopic (exact) mass is 267 g/mol. The molecular weight excluding hydrogens is 254 g/mol. The minimum Gasteiger partial charge on any atom is -0.297 e. The number of benzene rings is 1. The molecule has 1 fully saturated rings. The Morgan fingerprint density at radius 1 is 1.35 bits per heavy atom. The number of amides is 1. The number of anilines is 1. The number of fused-ring (bicyclic) bond motifs is 1. The number of para-hydroxylation sites is 1. The molecule has 0 aliphatic carbocycles. The summed E-state index contributed by atoms with van der Waals surface area (Å²) < 4.78 is 0.